The number of hydrogen-bond acceptors (Lipinski definition) is 7. The van der Waals surface area contributed by atoms with Gasteiger partial charge in [-0.05, 0) is 55.3 Å². The van der Waals surface area contributed by atoms with E-state index in [1.54, 1.807) is 42.1 Å². The topological polar surface area (TPSA) is 90.3 Å². The van der Waals surface area contributed by atoms with Crippen LogP contribution in [0.4, 0.5) is 16.0 Å². The molecule has 39 heavy (non-hydrogen) atoms. The lowest BCUT2D eigenvalue weighted by Crippen LogP contribution is -2.31. The molecule has 1 amide bonds. The minimum absolute atomic E-state index is 0.273. The van der Waals surface area contributed by atoms with Gasteiger partial charge in [0.05, 0.1) is 25.0 Å². The number of nitrogens with zero attached hydrogens (tertiary/aromatic N) is 3. The number of thioether (sulfide) groups is 1. The van der Waals surface area contributed by atoms with Crippen LogP contribution in [0, 0.1) is 5.82 Å². The number of carbonyl (C=O) groups excluding carboxylic acids is 1. The molecular formula is C29H28FN5O3S. The van der Waals surface area contributed by atoms with E-state index in [0.717, 1.165) is 5.56 Å². The second-order valence-corrected chi connectivity index (χ2v) is 9.71. The molecule has 2 heterocycles. The van der Waals surface area contributed by atoms with Crippen molar-refractivity contribution >= 4 is 29.3 Å². The highest BCUT2D eigenvalue weighted by molar-refractivity contribution is 7.98. The average Bonchev–Trinajstić information content (AvgIpc) is 3.34. The zero-order valence-electron chi connectivity index (χ0n) is 21.8. The Morgan fingerprint density at radius 3 is 2.72 bits per heavy atom. The molecule has 0 spiro atoms. The third kappa shape index (κ3) is 5.61. The van der Waals surface area contributed by atoms with E-state index in [1.165, 1.54) is 17.8 Å². The number of aromatic nitrogens is 3. The van der Waals surface area contributed by atoms with E-state index >= 15 is 0 Å². The Hall–Kier alpha value is -4.31. The first kappa shape index (κ1) is 26.3. The van der Waals surface area contributed by atoms with E-state index in [0.29, 0.717) is 57.5 Å². The fourth-order valence-corrected chi connectivity index (χ4v) is 5.25. The van der Waals surface area contributed by atoms with Gasteiger partial charge in [-0.1, -0.05) is 54.2 Å². The minimum atomic E-state index is -0.591. The number of anilines is 2. The normalized spacial score (nSPS) is 14.4. The van der Waals surface area contributed by atoms with Gasteiger partial charge >= 0.3 is 0 Å². The van der Waals surface area contributed by atoms with E-state index in [1.807, 2.05) is 50.2 Å². The molecule has 8 nitrogen and oxygen atoms in total. The Morgan fingerprint density at radius 1 is 1.13 bits per heavy atom. The maximum absolute atomic E-state index is 14.2. The zero-order valence-corrected chi connectivity index (χ0v) is 22.6. The van der Waals surface area contributed by atoms with Crippen molar-refractivity contribution in [3.05, 3.63) is 101 Å². The summed E-state index contributed by atoms with van der Waals surface area (Å²) in [4.78, 5) is 18.5. The summed E-state index contributed by atoms with van der Waals surface area (Å²) < 4.78 is 27.0. The number of benzene rings is 3. The number of fused-ring (bicyclic) bond motifs is 1. The minimum Gasteiger partial charge on any atom is -0.495 e. The van der Waals surface area contributed by atoms with Crippen LogP contribution in [0.25, 0.3) is 0 Å². The van der Waals surface area contributed by atoms with E-state index in [9.17, 15) is 9.18 Å². The standard InChI is InChI=1S/C29H28FN5O3S/c1-4-38-21-12-9-11-19(16-21)26-25(27(36)32-23-14-7-8-15-24(23)37-3)18(2)31-28-33-29(34-35(26)28)39-17-20-10-5-6-13-22(20)30/h5-16,26H,4,17H2,1-3H3,(H,32,36)(H,31,33,34). The van der Waals surface area contributed by atoms with Crippen LogP contribution in [0.3, 0.4) is 0 Å². The lowest BCUT2D eigenvalue weighted by atomic mass is 9.94. The summed E-state index contributed by atoms with van der Waals surface area (Å²) in [5, 5.41) is 11.4. The van der Waals surface area contributed by atoms with Gasteiger partial charge < -0.3 is 20.1 Å². The van der Waals surface area contributed by atoms with Gasteiger partial charge in [0.2, 0.25) is 11.1 Å². The molecule has 1 aromatic heterocycles. The van der Waals surface area contributed by atoms with Crippen LogP contribution in [-0.2, 0) is 10.5 Å². The Kier molecular flexibility index (Phi) is 7.83. The SMILES string of the molecule is CCOc1cccc(C2C(C(=O)Nc3ccccc3OC)=C(C)Nc3nc(SCc4ccccc4F)nn32)c1. The molecule has 1 aliphatic heterocycles. The van der Waals surface area contributed by atoms with Crippen molar-refractivity contribution in [1.29, 1.82) is 0 Å². The van der Waals surface area contributed by atoms with Crippen molar-refractivity contribution < 1.29 is 18.7 Å². The summed E-state index contributed by atoms with van der Waals surface area (Å²) in [6.07, 6.45) is 0. The lowest BCUT2D eigenvalue weighted by molar-refractivity contribution is -0.113. The second-order valence-electron chi connectivity index (χ2n) is 8.77. The third-order valence-corrected chi connectivity index (χ3v) is 7.12. The van der Waals surface area contributed by atoms with Crippen LogP contribution in [0.15, 0.2) is 89.2 Å². The van der Waals surface area contributed by atoms with Crippen molar-refractivity contribution in [1.82, 2.24) is 14.8 Å². The number of methoxy groups -OCH3 is 1. The van der Waals surface area contributed by atoms with Gasteiger partial charge in [0, 0.05) is 11.4 Å². The smallest absolute Gasteiger partial charge is 0.255 e. The number of rotatable bonds is 9. The van der Waals surface area contributed by atoms with Crippen molar-refractivity contribution in [3.8, 4) is 11.5 Å². The van der Waals surface area contributed by atoms with Crippen LogP contribution in [0.2, 0.25) is 0 Å². The van der Waals surface area contributed by atoms with Crippen molar-refractivity contribution in [2.24, 2.45) is 0 Å². The first-order valence-corrected chi connectivity index (χ1v) is 13.4. The molecular weight excluding hydrogens is 517 g/mol. The van der Waals surface area contributed by atoms with E-state index in [4.69, 9.17) is 14.6 Å². The predicted molar refractivity (Wildman–Crippen MR) is 150 cm³/mol. The van der Waals surface area contributed by atoms with Gasteiger partial charge in [-0.3, -0.25) is 4.79 Å². The summed E-state index contributed by atoms with van der Waals surface area (Å²) >= 11 is 1.32. The maximum Gasteiger partial charge on any atom is 0.255 e. The largest absolute Gasteiger partial charge is 0.495 e. The Balaban J connectivity index is 1.52. The number of amides is 1. The highest BCUT2D eigenvalue weighted by atomic mass is 32.2. The number of allylic oxidation sites excluding steroid dienone is 1. The van der Waals surface area contributed by atoms with Crippen LogP contribution in [-0.4, -0.2) is 34.4 Å². The fraction of sp³-hybridized carbons (Fsp3) is 0.207. The van der Waals surface area contributed by atoms with Crippen LogP contribution in [0.5, 0.6) is 11.5 Å². The molecule has 5 rings (SSSR count). The first-order chi connectivity index (χ1) is 19.0. The molecule has 200 valence electrons. The summed E-state index contributed by atoms with van der Waals surface area (Å²) in [5.74, 6) is 1.52. The predicted octanol–water partition coefficient (Wildman–Crippen LogP) is 6.04. The van der Waals surface area contributed by atoms with Gasteiger partial charge in [-0.2, -0.15) is 4.98 Å². The monoisotopic (exact) mass is 545 g/mol. The summed E-state index contributed by atoms with van der Waals surface area (Å²) in [6.45, 7) is 4.26. The first-order valence-electron chi connectivity index (χ1n) is 12.5. The molecule has 0 saturated heterocycles. The number of ether oxygens (including phenoxy) is 2. The quantitative estimate of drug-likeness (QED) is 0.248. The van der Waals surface area contributed by atoms with E-state index < -0.39 is 6.04 Å². The Bertz CT molecular complexity index is 1540. The number of hydrogen-bond donors (Lipinski definition) is 2. The number of carbonyl (C=O) groups is 1. The summed E-state index contributed by atoms with van der Waals surface area (Å²) in [7, 11) is 1.56. The van der Waals surface area contributed by atoms with E-state index in [-0.39, 0.29) is 11.7 Å². The summed E-state index contributed by atoms with van der Waals surface area (Å²) in [6, 6.07) is 20.9. The van der Waals surface area contributed by atoms with Crippen LogP contribution >= 0.6 is 11.8 Å². The van der Waals surface area contributed by atoms with Gasteiger partial charge in [-0.15, -0.1) is 5.10 Å². The summed E-state index contributed by atoms with van der Waals surface area (Å²) in [5.41, 5.74) is 3.04. The van der Waals surface area contributed by atoms with Crippen LogP contribution in [0.1, 0.15) is 31.0 Å². The number of para-hydroxylation sites is 2. The molecule has 1 atom stereocenters. The molecule has 1 unspecified atom stereocenters. The molecule has 0 radical (unpaired) electrons. The van der Waals surface area contributed by atoms with E-state index in [2.05, 4.69) is 15.6 Å². The zero-order chi connectivity index (χ0) is 27.4. The van der Waals surface area contributed by atoms with Gasteiger partial charge in [0.25, 0.3) is 5.91 Å². The van der Waals surface area contributed by atoms with Crippen molar-refractivity contribution in [2.45, 2.75) is 30.8 Å². The highest BCUT2D eigenvalue weighted by Gasteiger charge is 2.35. The maximum atomic E-state index is 14.2. The Labute approximate surface area is 230 Å². The molecule has 10 heteroatoms. The van der Waals surface area contributed by atoms with Crippen LogP contribution < -0.4 is 20.1 Å². The van der Waals surface area contributed by atoms with Gasteiger partial charge in [-0.25, -0.2) is 9.07 Å². The number of nitrogens with one attached hydrogen (secondary N) is 2. The second kappa shape index (κ2) is 11.6. The molecule has 0 bridgehead atoms. The number of halogens is 1. The lowest BCUT2D eigenvalue weighted by Gasteiger charge is -2.29. The molecule has 0 aliphatic carbocycles. The molecule has 4 aromatic rings. The molecule has 2 N–H and O–H groups in total. The Morgan fingerprint density at radius 2 is 1.92 bits per heavy atom. The molecule has 1 aliphatic rings. The van der Waals surface area contributed by atoms with Gasteiger partial charge in [0.15, 0.2) is 0 Å². The molecule has 0 fully saturated rings. The fourth-order valence-electron chi connectivity index (χ4n) is 4.43. The highest BCUT2D eigenvalue weighted by Crippen LogP contribution is 2.38. The third-order valence-electron chi connectivity index (χ3n) is 6.23. The molecule has 3 aromatic carbocycles. The van der Waals surface area contributed by atoms with Gasteiger partial charge in [0.1, 0.15) is 23.4 Å². The van der Waals surface area contributed by atoms with Crippen molar-refractivity contribution in [2.75, 3.05) is 24.4 Å². The average molecular weight is 546 g/mol. The van der Waals surface area contributed by atoms with Crippen molar-refractivity contribution in [3.63, 3.8) is 0 Å². The molecule has 0 saturated carbocycles.